The molecule has 6 rings (SSSR count). The summed E-state index contributed by atoms with van der Waals surface area (Å²) in [7, 11) is 0. The molecule has 0 radical (unpaired) electrons. The third kappa shape index (κ3) is 5.18. The molecule has 1 amide bonds. The molecule has 2 aromatic heterocycles. The largest absolute Gasteiger partial charge is 0.459 e. The maximum Gasteiger partial charge on any atom is 0.225 e. The van der Waals surface area contributed by atoms with Gasteiger partial charge in [-0.15, -0.1) is 0 Å². The van der Waals surface area contributed by atoms with Crippen molar-refractivity contribution in [1.29, 1.82) is 0 Å². The van der Waals surface area contributed by atoms with Crippen molar-refractivity contribution in [2.24, 2.45) is 5.73 Å². The molecule has 0 bridgehead atoms. The fourth-order valence-electron chi connectivity index (χ4n) is 5.75. The van der Waals surface area contributed by atoms with Gasteiger partial charge >= 0.3 is 0 Å². The van der Waals surface area contributed by atoms with Crippen LogP contribution >= 0.6 is 0 Å². The second-order valence-electron chi connectivity index (χ2n) is 10.9. The van der Waals surface area contributed by atoms with Crippen LogP contribution in [0, 0.1) is 20.8 Å². The van der Waals surface area contributed by atoms with E-state index in [1.165, 1.54) is 5.56 Å². The first-order valence-corrected chi connectivity index (χ1v) is 13.7. The Morgan fingerprint density at radius 1 is 1.02 bits per heavy atom. The molecule has 3 aromatic carbocycles. The number of benzene rings is 3. The SMILES string of the molecule is Cc1ccc([C@@H](NC(=O)Cc2ccc3oc(C(c4cnoc4C)N4CC(N)C4)cc3c2)c2ccccc2)c(C)c1. The maximum absolute atomic E-state index is 13.4. The Labute approximate surface area is 233 Å². The van der Waals surface area contributed by atoms with Crippen LogP contribution in [0.1, 0.15) is 57.0 Å². The van der Waals surface area contributed by atoms with Crippen LogP contribution in [0.4, 0.5) is 0 Å². The first-order chi connectivity index (χ1) is 19.4. The van der Waals surface area contributed by atoms with Crippen molar-refractivity contribution in [2.75, 3.05) is 13.1 Å². The van der Waals surface area contributed by atoms with Crippen molar-refractivity contribution in [3.05, 3.63) is 124 Å². The van der Waals surface area contributed by atoms with E-state index in [0.29, 0.717) is 0 Å². The summed E-state index contributed by atoms with van der Waals surface area (Å²) in [6.07, 6.45) is 2.02. The number of nitrogens with two attached hydrogens (primary N) is 1. The number of hydrogen-bond donors (Lipinski definition) is 2. The molecule has 7 nitrogen and oxygen atoms in total. The van der Waals surface area contributed by atoms with Gasteiger partial charge in [0.15, 0.2) is 0 Å². The number of carbonyl (C=O) groups excluding carboxylic acids is 1. The van der Waals surface area contributed by atoms with Crippen LogP contribution in [0.5, 0.6) is 0 Å². The summed E-state index contributed by atoms with van der Waals surface area (Å²) >= 11 is 0. The Hall–Kier alpha value is -4.20. The first-order valence-electron chi connectivity index (χ1n) is 13.7. The zero-order chi connectivity index (χ0) is 27.8. The number of carbonyl (C=O) groups is 1. The number of nitrogens with zero attached hydrogens (tertiary/aromatic N) is 2. The molecule has 3 heterocycles. The number of aromatic nitrogens is 1. The lowest BCUT2D eigenvalue weighted by Crippen LogP contribution is -2.56. The zero-order valence-electron chi connectivity index (χ0n) is 23.1. The van der Waals surface area contributed by atoms with Crippen molar-refractivity contribution < 1.29 is 13.7 Å². The van der Waals surface area contributed by atoms with E-state index in [9.17, 15) is 4.79 Å². The van der Waals surface area contributed by atoms with Crippen molar-refractivity contribution >= 4 is 16.9 Å². The Bertz CT molecular complexity index is 1650. The van der Waals surface area contributed by atoms with Gasteiger partial charge in [-0.2, -0.15) is 0 Å². The van der Waals surface area contributed by atoms with Gasteiger partial charge in [0.25, 0.3) is 0 Å². The van der Waals surface area contributed by atoms with Crippen LogP contribution in [-0.2, 0) is 11.2 Å². The highest BCUT2D eigenvalue weighted by molar-refractivity contribution is 5.83. The Balaban J connectivity index is 1.24. The van der Waals surface area contributed by atoms with Gasteiger partial charge in [0.2, 0.25) is 5.91 Å². The Morgan fingerprint density at radius 3 is 2.52 bits per heavy atom. The molecule has 1 aliphatic rings. The summed E-state index contributed by atoms with van der Waals surface area (Å²) in [5.41, 5.74) is 13.3. The molecule has 1 saturated heterocycles. The van der Waals surface area contributed by atoms with Crippen LogP contribution in [-0.4, -0.2) is 35.1 Å². The minimum atomic E-state index is -0.228. The third-order valence-electron chi connectivity index (χ3n) is 7.79. The monoisotopic (exact) mass is 534 g/mol. The fraction of sp³-hybridized carbons (Fsp3) is 0.273. The fourth-order valence-corrected chi connectivity index (χ4v) is 5.75. The molecule has 0 spiro atoms. The molecule has 7 heteroatoms. The van der Waals surface area contributed by atoms with Gasteiger partial charge < -0.3 is 20.0 Å². The number of likely N-dealkylation sites (tertiary alicyclic amines) is 1. The third-order valence-corrected chi connectivity index (χ3v) is 7.79. The predicted octanol–water partition coefficient (Wildman–Crippen LogP) is 5.53. The minimum absolute atomic E-state index is 0.0376. The van der Waals surface area contributed by atoms with E-state index in [1.54, 1.807) is 6.20 Å². The summed E-state index contributed by atoms with van der Waals surface area (Å²) in [4.78, 5) is 15.7. The molecule has 204 valence electrons. The highest BCUT2D eigenvalue weighted by Crippen LogP contribution is 2.37. The minimum Gasteiger partial charge on any atom is -0.459 e. The maximum atomic E-state index is 13.4. The number of hydrogen-bond acceptors (Lipinski definition) is 6. The van der Waals surface area contributed by atoms with E-state index in [-0.39, 0.29) is 30.5 Å². The smallest absolute Gasteiger partial charge is 0.225 e. The van der Waals surface area contributed by atoms with Gasteiger partial charge in [-0.25, -0.2) is 0 Å². The van der Waals surface area contributed by atoms with E-state index in [1.807, 2.05) is 43.3 Å². The number of nitrogens with one attached hydrogen (secondary N) is 1. The summed E-state index contributed by atoms with van der Waals surface area (Å²) in [5.74, 6) is 1.54. The molecule has 1 unspecified atom stereocenters. The second-order valence-corrected chi connectivity index (χ2v) is 10.9. The Kier molecular flexibility index (Phi) is 7.00. The summed E-state index contributed by atoms with van der Waals surface area (Å²) in [6, 6.07) is 24.3. The van der Waals surface area contributed by atoms with Crippen LogP contribution < -0.4 is 11.1 Å². The zero-order valence-corrected chi connectivity index (χ0v) is 23.1. The molecular weight excluding hydrogens is 500 g/mol. The molecule has 0 saturated carbocycles. The van der Waals surface area contributed by atoms with E-state index in [0.717, 1.165) is 63.4 Å². The molecule has 1 aliphatic heterocycles. The van der Waals surface area contributed by atoms with Crippen LogP contribution in [0.15, 0.2) is 87.9 Å². The number of fused-ring (bicyclic) bond motifs is 1. The average molecular weight is 535 g/mol. The van der Waals surface area contributed by atoms with Crippen molar-refractivity contribution in [1.82, 2.24) is 15.4 Å². The lowest BCUT2D eigenvalue weighted by molar-refractivity contribution is -0.120. The second kappa shape index (κ2) is 10.8. The van der Waals surface area contributed by atoms with Gasteiger partial charge in [0.05, 0.1) is 24.7 Å². The van der Waals surface area contributed by atoms with Crippen LogP contribution in [0.2, 0.25) is 0 Å². The molecule has 1 fully saturated rings. The quantitative estimate of drug-likeness (QED) is 0.272. The van der Waals surface area contributed by atoms with Crippen molar-refractivity contribution in [3.8, 4) is 0 Å². The molecule has 5 aromatic rings. The number of furan rings is 1. The predicted molar refractivity (Wildman–Crippen MR) is 155 cm³/mol. The van der Waals surface area contributed by atoms with Gasteiger partial charge in [-0.1, -0.05) is 65.3 Å². The van der Waals surface area contributed by atoms with Gasteiger partial charge in [0, 0.05) is 30.1 Å². The molecule has 3 N–H and O–H groups in total. The van der Waals surface area contributed by atoms with Crippen LogP contribution in [0.25, 0.3) is 11.0 Å². The molecule has 2 atom stereocenters. The summed E-state index contributed by atoms with van der Waals surface area (Å²) in [6.45, 7) is 7.64. The number of aryl methyl sites for hydroxylation is 3. The molecule has 0 aliphatic carbocycles. The topological polar surface area (TPSA) is 97.5 Å². The van der Waals surface area contributed by atoms with Crippen molar-refractivity contribution in [2.45, 2.75) is 45.3 Å². The van der Waals surface area contributed by atoms with E-state index in [4.69, 9.17) is 14.7 Å². The summed E-state index contributed by atoms with van der Waals surface area (Å²) in [5, 5.41) is 8.23. The summed E-state index contributed by atoms with van der Waals surface area (Å²) < 4.78 is 11.7. The van der Waals surface area contributed by atoms with Crippen molar-refractivity contribution in [3.63, 3.8) is 0 Å². The van der Waals surface area contributed by atoms with Gasteiger partial charge in [-0.05, 0) is 61.2 Å². The lowest BCUT2D eigenvalue weighted by atomic mass is 9.93. The Morgan fingerprint density at radius 2 is 1.82 bits per heavy atom. The van der Waals surface area contributed by atoms with E-state index >= 15 is 0 Å². The lowest BCUT2D eigenvalue weighted by Gasteiger charge is -2.41. The molecule has 40 heavy (non-hydrogen) atoms. The molecular formula is C33H34N4O3. The number of rotatable bonds is 8. The van der Waals surface area contributed by atoms with E-state index in [2.05, 4.69) is 65.6 Å². The van der Waals surface area contributed by atoms with Gasteiger partial charge in [0.1, 0.15) is 17.1 Å². The first kappa shape index (κ1) is 26.0. The average Bonchev–Trinajstić information content (AvgIpc) is 3.53. The highest BCUT2D eigenvalue weighted by atomic mass is 16.5. The number of amides is 1. The standard InChI is InChI=1S/C33H34N4O3/c1-20-9-11-27(21(2)13-20)32(24-7-5-4-6-8-24)36-31(38)15-23-10-12-29-25(14-23)16-30(39-29)33(37-18-26(34)19-37)28-17-35-40-22(28)3/h4-14,16-17,26,32-33H,15,18-19,34H2,1-3H3,(H,36,38)/t32-,33?/m0/s1. The van der Waals surface area contributed by atoms with E-state index < -0.39 is 0 Å². The normalized spacial score (nSPS) is 15.6. The highest BCUT2D eigenvalue weighted by Gasteiger charge is 2.36. The van der Waals surface area contributed by atoms with Gasteiger partial charge in [-0.3, -0.25) is 9.69 Å². The van der Waals surface area contributed by atoms with Crippen LogP contribution in [0.3, 0.4) is 0 Å².